The van der Waals surface area contributed by atoms with Gasteiger partial charge in [0, 0.05) is 12.6 Å². The lowest BCUT2D eigenvalue weighted by atomic mass is 9.90. The number of nitrogens with one attached hydrogen (secondary N) is 1. The van der Waals surface area contributed by atoms with Crippen LogP contribution in [0.25, 0.3) is 0 Å². The van der Waals surface area contributed by atoms with E-state index in [1.807, 2.05) is 21.1 Å². The summed E-state index contributed by atoms with van der Waals surface area (Å²) >= 11 is 0. The van der Waals surface area contributed by atoms with Gasteiger partial charge in [-0.2, -0.15) is 5.10 Å². The van der Waals surface area contributed by atoms with Crippen molar-refractivity contribution in [2.45, 2.75) is 25.4 Å². The van der Waals surface area contributed by atoms with E-state index in [4.69, 9.17) is 10.6 Å². The van der Waals surface area contributed by atoms with Crippen LogP contribution in [0.1, 0.15) is 25.6 Å². The van der Waals surface area contributed by atoms with Gasteiger partial charge in [0.05, 0.1) is 19.3 Å². The van der Waals surface area contributed by atoms with Crippen LogP contribution in [0, 0.1) is 0 Å². The number of hydrazine groups is 1. The fourth-order valence-corrected chi connectivity index (χ4v) is 1.79. The number of nitrogens with two attached hydrogens (primary N) is 1. The Morgan fingerprint density at radius 2 is 2.12 bits per heavy atom. The second-order valence-electron chi connectivity index (χ2n) is 4.87. The van der Waals surface area contributed by atoms with E-state index in [0.29, 0.717) is 0 Å². The van der Waals surface area contributed by atoms with Gasteiger partial charge in [0.1, 0.15) is 5.69 Å². The SMILES string of the molecule is COc1cnn(C)c1C(NN)C(C)(C)N(C)C. The number of aryl methyl sites for hydroxylation is 1. The summed E-state index contributed by atoms with van der Waals surface area (Å²) in [6.45, 7) is 4.23. The number of likely N-dealkylation sites (N-methyl/N-ethyl adjacent to an activating group) is 1. The topological polar surface area (TPSA) is 68.3 Å². The van der Waals surface area contributed by atoms with E-state index in [2.05, 4.69) is 29.3 Å². The van der Waals surface area contributed by atoms with E-state index in [0.717, 1.165) is 11.4 Å². The van der Waals surface area contributed by atoms with Crippen molar-refractivity contribution in [2.75, 3.05) is 21.2 Å². The van der Waals surface area contributed by atoms with Crippen LogP contribution in [-0.2, 0) is 7.05 Å². The number of rotatable bonds is 5. The second-order valence-corrected chi connectivity index (χ2v) is 4.87. The van der Waals surface area contributed by atoms with Gasteiger partial charge in [-0.05, 0) is 27.9 Å². The molecule has 3 N–H and O–H groups in total. The predicted octanol–water partition coefficient (Wildman–Crippen LogP) is 0.273. The Labute approximate surface area is 103 Å². The van der Waals surface area contributed by atoms with Crippen molar-refractivity contribution in [3.05, 3.63) is 11.9 Å². The highest BCUT2D eigenvalue weighted by Crippen LogP contribution is 2.33. The van der Waals surface area contributed by atoms with E-state index >= 15 is 0 Å². The Morgan fingerprint density at radius 3 is 2.53 bits per heavy atom. The summed E-state index contributed by atoms with van der Waals surface area (Å²) in [5.41, 5.74) is 3.63. The fourth-order valence-electron chi connectivity index (χ4n) is 1.79. The molecule has 0 radical (unpaired) electrons. The number of aromatic nitrogens is 2. The van der Waals surface area contributed by atoms with Crippen LogP contribution < -0.4 is 16.0 Å². The molecule has 0 bridgehead atoms. The maximum Gasteiger partial charge on any atom is 0.161 e. The minimum atomic E-state index is -0.171. The van der Waals surface area contributed by atoms with Crippen molar-refractivity contribution in [3.63, 3.8) is 0 Å². The molecule has 98 valence electrons. The molecule has 1 atom stereocenters. The third-order valence-corrected chi connectivity index (χ3v) is 3.47. The predicted molar refractivity (Wildman–Crippen MR) is 67.6 cm³/mol. The first-order valence-corrected chi connectivity index (χ1v) is 5.55. The number of hydrogen-bond acceptors (Lipinski definition) is 5. The van der Waals surface area contributed by atoms with Gasteiger partial charge in [-0.15, -0.1) is 0 Å². The summed E-state index contributed by atoms with van der Waals surface area (Å²) in [6.07, 6.45) is 1.70. The molecule has 1 aromatic heterocycles. The molecular weight excluding hydrogens is 218 g/mol. The summed E-state index contributed by atoms with van der Waals surface area (Å²) in [4.78, 5) is 2.12. The van der Waals surface area contributed by atoms with Gasteiger partial charge in [-0.3, -0.25) is 10.5 Å². The van der Waals surface area contributed by atoms with E-state index in [1.54, 1.807) is 18.0 Å². The zero-order valence-corrected chi connectivity index (χ0v) is 11.5. The fraction of sp³-hybridized carbons (Fsp3) is 0.727. The van der Waals surface area contributed by atoms with E-state index < -0.39 is 0 Å². The van der Waals surface area contributed by atoms with Crippen LogP contribution in [0.15, 0.2) is 6.20 Å². The molecule has 0 saturated heterocycles. The third kappa shape index (κ3) is 2.43. The lowest BCUT2D eigenvalue weighted by Gasteiger charge is -2.39. The van der Waals surface area contributed by atoms with E-state index in [9.17, 15) is 0 Å². The molecule has 0 spiro atoms. The van der Waals surface area contributed by atoms with Gasteiger partial charge in [0.25, 0.3) is 0 Å². The molecule has 1 rings (SSSR count). The van der Waals surface area contributed by atoms with Crippen molar-refractivity contribution in [2.24, 2.45) is 12.9 Å². The van der Waals surface area contributed by atoms with Gasteiger partial charge >= 0.3 is 0 Å². The lowest BCUT2D eigenvalue weighted by Crippen LogP contribution is -2.51. The Bertz CT molecular complexity index is 372. The number of hydrogen-bond donors (Lipinski definition) is 2. The van der Waals surface area contributed by atoms with E-state index in [1.165, 1.54) is 0 Å². The maximum absolute atomic E-state index is 5.71. The first kappa shape index (κ1) is 14.0. The van der Waals surface area contributed by atoms with Crippen LogP contribution in [-0.4, -0.2) is 41.4 Å². The summed E-state index contributed by atoms with van der Waals surface area (Å²) in [6, 6.07) is -0.0834. The monoisotopic (exact) mass is 241 g/mol. The highest BCUT2D eigenvalue weighted by atomic mass is 16.5. The molecule has 17 heavy (non-hydrogen) atoms. The Kier molecular flexibility index (Phi) is 4.13. The molecule has 1 unspecified atom stereocenters. The highest BCUT2D eigenvalue weighted by Gasteiger charge is 2.36. The average molecular weight is 241 g/mol. The first-order chi connectivity index (χ1) is 7.86. The largest absolute Gasteiger partial charge is 0.493 e. The molecule has 1 aromatic rings. The summed E-state index contributed by atoms with van der Waals surface area (Å²) in [5.74, 6) is 6.45. The average Bonchev–Trinajstić information content (AvgIpc) is 2.61. The van der Waals surface area contributed by atoms with Gasteiger partial charge in [0.15, 0.2) is 5.75 Å². The zero-order chi connectivity index (χ0) is 13.2. The first-order valence-electron chi connectivity index (χ1n) is 5.55. The summed E-state index contributed by atoms with van der Waals surface area (Å²) in [7, 11) is 7.56. The molecule has 0 saturated carbocycles. The molecule has 0 aliphatic rings. The Morgan fingerprint density at radius 1 is 1.53 bits per heavy atom. The van der Waals surface area contributed by atoms with Gasteiger partial charge in [-0.1, -0.05) is 0 Å². The molecule has 0 aliphatic heterocycles. The smallest absolute Gasteiger partial charge is 0.161 e. The van der Waals surface area contributed by atoms with Crippen molar-refractivity contribution in [3.8, 4) is 5.75 Å². The minimum Gasteiger partial charge on any atom is -0.493 e. The standard InChI is InChI=1S/C11H23N5O/c1-11(2,15(3)4)10(14-12)9-8(17-6)7-13-16(9)5/h7,10,14H,12H2,1-6H3. The summed E-state index contributed by atoms with van der Waals surface area (Å²) < 4.78 is 7.11. The second kappa shape index (κ2) is 5.03. The van der Waals surface area contributed by atoms with Crippen molar-refractivity contribution in [1.29, 1.82) is 0 Å². The van der Waals surface area contributed by atoms with Crippen molar-refractivity contribution in [1.82, 2.24) is 20.1 Å². The minimum absolute atomic E-state index is 0.0834. The molecule has 6 heteroatoms. The van der Waals surface area contributed by atoms with Gasteiger partial charge < -0.3 is 9.64 Å². The van der Waals surface area contributed by atoms with Crippen molar-refractivity contribution < 1.29 is 4.74 Å². The zero-order valence-electron chi connectivity index (χ0n) is 11.5. The van der Waals surface area contributed by atoms with Crippen LogP contribution in [0.3, 0.4) is 0 Å². The summed E-state index contributed by atoms with van der Waals surface area (Å²) in [5, 5.41) is 4.21. The molecular formula is C11H23N5O. The maximum atomic E-state index is 5.71. The number of ether oxygens (including phenoxy) is 1. The van der Waals surface area contributed by atoms with Crippen LogP contribution >= 0.6 is 0 Å². The van der Waals surface area contributed by atoms with Gasteiger partial charge in [0.2, 0.25) is 0 Å². The molecule has 0 aromatic carbocycles. The highest BCUT2D eigenvalue weighted by molar-refractivity contribution is 5.30. The van der Waals surface area contributed by atoms with Crippen LogP contribution in [0.2, 0.25) is 0 Å². The lowest BCUT2D eigenvalue weighted by molar-refractivity contribution is 0.132. The molecule has 0 fully saturated rings. The van der Waals surface area contributed by atoms with E-state index in [-0.39, 0.29) is 11.6 Å². The molecule has 6 nitrogen and oxygen atoms in total. The molecule has 1 heterocycles. The Balaban J connectivity index is 3.22. The number of nitrogens with zero attached hydrogens (tertiary/aromatic N) is 3. The van der Waals surface area contributed by atoms with Crippen LogP contribution in [0.5, 0.6) is 5.75 Å². The normalized spacial score (nSPS) is 14.1. The molecule has 0 amide bonds. The third-order valence-electron chi connectivity index (χ3n) is 3.47. The number of methoxy groups -OCH3 is 1. The molecule has 0 aliphatic carbocycles. The van der Waals surface area contributed by atoms with Crippen molar-refractivity contribution >= 4 is 0 Å². The quantitative estimate of drug-likeness (QED) is 0.572. The van der Waals surface area contributed by atoms with Crippen LogP contribution in [0.4, 0.5) is 0 Å². The van der Waals surface area contributed by atoms with Gasteiger partial charge in [-0.25, -0.2) is 5.43 Å². The Hall–Kier alpha value is -1.11.